The molecule has 1 amide bonds. The molecule has 0 aromatic heterocycles. The van der Waals surface area contributed by atoms with Crippen LogP contribution in [0.3, 0.4) is 0 Å². The van der Waals surface area contributed by atoms with E-state index in [2.05, 4.69) is 34.8 Å². The summed E-state index contributed by atoms with van der Waals surface area (Å²) < 4.78 is 0. The van der Waals surface area contributed by atoms with Crippen LogP contribution in [0.5, 0.6) is 0 Å². The van der Waals surface area contributed by atoms with Gasteiger partial charge in [0.1, 0.15) is 0 Å². The Labute approximate surface area is 170 Å². The predicted molar refractivity (Wildman–Crippen MR) is 116 cm³/mol. The first kappa shape index (κ1) is 22.5. The topological polar surface area (TPSA) is 65.5 Å². The van der Waals surface area contributed by atoms with E-state index in [0.29, 0.717) is 19.0 Å². The molecule has 25 heavy (non-hydrogen) atoms. The van der Waals surface area contributed by atoms with E-state index in [9.17, 15) is 4.79 Å². The second-order valence-corrected chi connectivity index (χ2v) is 7.56. The Morgan fingerprint density at radius 2 is 1.96 bits per heavy atom. The molecule has 3 N–H and O–H groups in total. The van der Waals surface area contributed by atoms with Crippen LogP contribution in [0.2, 0.25) is 0 Å². The van der Waals surface area contributed by atoms with Gasteiger partial charge in [-0.15, -0.1) is 24.0 Å². The average molecular weight is 464 g/mol. The van der Waals surface area contributed by atoms with Gasteiger partial charge < -0.3 is 16.0 Å². The van der Waals surface area contributed by atoms with Crippen LogP contribution in [-0.2, 0) is 4.79 Å². The Hall–Kier alpha value is -0.530. The molecule has 0 aromatic carbocycles. The number of amides is 1. The van der Waals surface area contributed by atoms with Crippen molar-refractivity contribution >= 4 is 35.8 Å². The highest BCUT2D eigenvalue weighted by Crippen LogP contribution is 2.30. The molecule has 2 rings (SSSR count). The van der Waals surface area contributed by atoms with E-state index >= 15 is 0 Å². The average Bonchev–Trinajstić information content (AvgIpc) is 3.35. The van der Waals surface area contributed by atoms with E-state index in [4.69, 9.17) is 0 Å². The summed E-state index contributed by atoms with van der Waals surface area (Å²) in [5.74, 6) is 2.84. The van der Waals surface area contributed by atoms with Crippen LogP contribution in [0.15, 0.2) is 4.99 Å². The molecule has 0 aromatic rings. The second kappa shape index (κ2) is 12.8. The van der Waals surface area contributed by atoms with Crippen molar-refractivity contribution in [3.63, 3.8) is 0 Å². The van der Waals surface area contributed by atoms with Crippen LogP contribution in [0.1, 0.15) is 71.6 Å². The molecule has 0 spiro atoms. The van der Waals surface area contributed by atoms with Crippen molar-refractivity contribution in [2.24, 2.45) is 16.8 Å². The second-order valence-electron chi connectivity index (χ2n) is 7.56. The fourth-order valence-electron chi connectivity index (χ4n) is 3.52. The zero-order valence-electron chi connectivity index (χ0n) is 16.0. The summed E-state index contributed by atoms with van der Waals surface area (Å²) in [6.07, 6.45) is 10.5. The highest BCUT2D eigenvalue weighted by molar-refractivity contribution is 14.0. The van der Waals surface area contributed by atoms with Crippen LogP contribution in [-0.4, -0.2) is 37.5 Å². The largest absolute Gasteiger partial charge is 0.357 e. The molecule has 0 bridgehead atoms. The van der Waals surface area contributed by atoms with Gasteiger partial charge in [-0.2, -0.15) is 0 Å². The first-order valence-electron chi connectivity index (χ1n) is 9.99. The Kier molecular flexibility index (Phi) is 11.5. The Morgan fingerprint density at radius 3 is 2.64 bits per heavy atom. The number of nitrogens with zero attached hydrogens (tertiary/aromatic N) is 1. The maximum absolute atomic E-state index is 11.6. The standard InChI is InChI=1S/C19H36N4O.HI/c1-3-20-19(21-12-5-8-18(24)23-17-9-10-17)22-13-11-16-7-4-6-15(2)14-16;/h15-17H,3-14H2,1-2H3,(H,23,24)(H2,20,21,22);1H. The lowest BCUT2D eigenvalue weighted by molar-refractivity contribution is -0.121. The minimum atomic E-state index is 0. The smallest absolute Gasteiger partial charge is 0.220 e. The van der Waals surface area contributed by atoms with Gasteiger partial charge in [0.05, 0.1) is 0 Å². The summed E-state index contributed by atoms with van der Waals surface area (Å²) >= 11 is 0. The summed E-state index contributed by atoms with van der Waals surface area (Å²) in [6.45, 7) is 7.03. The maximum atomic E-state index is 11.6. The van der Waals surface area contributed by atoms with Crippen LogP contribution in [0.25, 0.3) is 0 Å². The third-order valence-corrected chi connectivity index (χ3v) is 5.01. The highest BCUT2D eigenvalue weighted by Gasteiger charge is 2.22. The molecule has 2 unspecified atom stereocenters. The molecule has 6 heteroatoms. The van der Waals surface area contributed by atoms with Gasteiger partial charge >= 0.3 is 0 Å². The van der Waals surface area contributed by atoms with E-state index in [1.54, 1.807) is 0 Å². The normalized spacial score (nSPS) is 23.5. The minimum absolute atomic E-state index is 0. The fraction of sp³-hybridized carbons (Fsp3) is 0.895. The Morgan fingerprint density at radius 1 is 1.16 bits per heavy atom. The molecule has 0 saturated heterocycles. The van der Waals surface area contributed by atoms with Crippen LogP contribution in [0.4, 0.5) is 0 Å². The van der Waals surface area contributed by atoms with Crippen molar-refractivity contribution in [1.29, 1.82) is 0 Å². The predicted octanol–water partition coefficient (Wildman–Crippen LogP) is 3.43. The zero-order chi connectivity index (χ0) is 17.2. The Balaban J connectivity index is 0.00000312. The lowest BCUT2D eigenvalue weighted by atomic mass is 9.81. The number of guanidine groups is 1. The van der Waals surface area contributed by atoms with E-state index in [-0.39, 0.29) is 29.9 Å². The molecule has 0 radical (unpaired) electrons. The summed E-state index contributed by atoms with van der Waals surface area (Å²) in [4.78, 5) is 16.2. The van der Waals surface area contributed by atoms with Crippen molar-refractivity contribution < 1.29 is 4.79 Å². The quantitative estimate of drug-likeness (QED) is 0.212. The van der Waals surface area contributed by atoms with E-state index < -0.39 is 0 Å². The molecule has 5 nitrogen and oxygen atoms in total. The van der Waals surface area contributed by atoms with Crippen LogP contribution >= 0.6 is 24.0 Å². The number of carbonyl (C=O) groups is 1. The molecule has 2 aliphatic carbocycles. The number of rotatable bonds is 9. The maximum Gasteiger partial charge on any atom is 0.220 e. The van der Waals surface area contributed by atoms with E-state index in [0.717, 1.165) is 50.1 Å². The van der Waals surface area contributed by atoms with Crippen molar-refractivity contribution in [1.82, 2.24) is 16.0 Å². The molecule has 146 valence electrons. The summed E-state index contributed by atoms with van der Waals surface area (Å²) in [6, 6.07) is 0.461. The van der Waals surface area contributed by atoms with Gasteiger partial charge in [0.15, 0.2) is 5.96 Å². The highest BCUT2D eigenvalue weighted by atomic mass is 127. The van der Waals surface area contributed by atoms with Gasteiger partial charge in [0, 0.05) is 32.1 Å². The first-order chi connectivity index (χ1) is 11.7. The van der Waals surface area contributed by atoms with Gasteiger partial charge in [-0.25, -0.2) is 0 Å². The summed E-state index contributed by atoms with van der Waals surface area (Å²) in [5, 5.41) is 9.77. The van der Waals surface area contributed by atoms with Gasteiger partial charge in [0.2, 0.25) is 5.91 Å². The molecule has 2 fully saturated rings. The molecule has 2 atom stereocenters. The molecular weight excluding hydrogens is 427 g/mol. The monoisotopic (exact) mass is 464 g/mol. The molecule has 2 aliphatic rings. The number of halogens is 1. The van der Waals surface area contributed by atoms with Gasteiger partial charge in [-0.3, -0.25) is 9.79 Å². The lowest BCUT2D eigenvalue weighted by Gasteiger charge is -2.26. The van der Waals surface area contributed by atoms with Crippen molar-refractivity contribution in [2.45, 2.75) is 77.7 Å². The molecule has 0 aliphatic heterocycles. The molecular formula is C19H37IN4O. The third-order valence-electron chi connectivity index (χ3n) is 5.01. The minimum Gasteiger partial charge on any atom is -0.357 e. The third kappa shape index (κ3) is 10.3. The van der Waals surface area contributed by atoms with Crippen molar-refractivity contribution in [3.8, 4) is 0 Å². The SMILES string of the molecule is CCNC(=NCCCC(=O)NC1CC1)NCCC1CCCC(C)C1.I. The Bertz CT molecular complexity index is 412. The lowest BCUT2D eigenvalue weighted by Crippen LogP contribution is -2.38. The number of carbonyl (C=O) groups excluding carboxylic acids is 1. The van der Waals surface area contributed by atoms with Gasteiger partial charge in [-0.1, -0.05) is 26.2 Å². The molecule has 2 saturated carbocycles. The number of hydrogen-bond acceptors (Lipinski definition) is 2. The van der Waals surface area contributed by atoms with Crippen molar-refractivity contribution in [2.75, 3.05) is 19.6 Å². The first-order valence-corrected chi connectivity index (χ1v) is 9.99. The van der Waals surface area contributed by atoms with E-state index in [1.807, 2.05) is 0 Å². The van der Waals surface area contributed by atoms with Crippen LogP contribution < -0.4 is 16.0 Å². The number of aliphatic imine (C=N–C) groups is 1. The van der Waals surface area contributed by atoms with Gasteiger partial charge in [0.25, 0.3) is 0 Å². The summed E-state index contributed by atoms with van der Waals surface area (Å²) in [5.41, 5.74) is 0. The fourth-order valence-corrected chi connectivity index (χ4v) is 3.52. The zero-order valence-corrected chi connectivity index (χ0v) is 18.3. The van der Waals surface area contributed by atoms with E-state index in [1.165, 1.54) is 32.1 Å². The van der Waals surface area contributed by atoms with Gasteiger partial charge in [-0.05, 0) is 50.9 Å². The summed E-state index contributed by atoms with van der Waals surface area (Å²) in [7, 11) is 0. The number of nitrogens with one attached hydrogen (secondary N) is 3. The molecule has 0 heterocycles. The number of hydrogen-bond donors (Lipinski definition) is 3. The van der Waals surface area contributed by atoms with Crippen molar-refractivity contribution in [3.05, 3.63) is 0 Å². The van der Waals surface area contributed by atoms with Crippen LogP contribution in [0, 0.1) is 11.8 Å².